The van der Waals surface area contributed by atoms with Gasteiger partial charge in [0.2, 0.25) is 10.0 Å². The van der Waals surface area contributed by atoms with Crippen LogP contribution < -0.4 is 4.72 Å². The highest BCUT2D eigenvalue weighted by molar-refractivity contribution is 7.89. The fourth-order valence-corrected chi connectivity index (χ4v) is 5.15. The van der Waals surface area contributed by atoms with Crippen LogP contribution in [-0.2, 0) is 10.0 Å². The van der Waals surface area contributed by atoms with Crippen molar-refractivity contribution in [2.24, 2.45) is 5.92 Å². The molecule has 1 aliphatic carbocycles. The molecule has 6 heteroatoms. The van der Waals surface area contributed by atoms with Crippen LogP contribution in [0.15, 0.2) is 29.2 Å². The fourth-order valence-electron chi connectivity index (χ4n) is 3.84. The largest absolute Gasteiger partial charge is 0.338 e. The quantitative estimate of drug-likeness (QED) is 0.892. The normalized spacial score (nSPS) is 22.8. The van der Waals surface area contributed by atoms with E-state index in [4.69, 9.17) is 0 Å². The van der Waals surface area contributed by atoms with E-state index in [9.17, 15) is 13.2 Å². The summed E-state index contributed by atoms with van der Waals surface area (Å²) in [5.74, 6) is 0.521. The number of carbonyl (C=O) groups is 1. The molecule has 0 spiro atoms. The standard InChI is InChI=1S/C19H28N2O3S/c1-15-6-5-13-21(14-15)19(22)16-9-11-18(12-10-16)25(23,24)20-17-7-3-2-4-8-17/h9-12,15,17,20H,2-8,13-14H2,1H3. The van der Waals surface area contributed by atoms with Gasteiger partial charge in [0.05, 0.1) is 4.90 Å². The Labute approximate surface area is 150 Å². The van der Waals surface area contributed by atoms with Gasteiger partial charge in [-0.1, -0.05) is 26.2 Å². The number of piperidine rings is 1. The number of sulfonamides is 1. The van der Waals surface area contributed by atoms with Gasteiger partial charge >= 0.3 is 0 Å². The Morgan fingerprint density at radius 3 is 2.36 bits per heavy atom. The first-order valence-electron chi connectivity index (χ1n) is 9.37. The van der Waals surface area contributed by atoms with Crippen LogP contribution in [0.3, 0.4) is 0 Å². The molecule has 0 bridgehead atoms. The molecule has 1 heterocycles. The van der Waals surface area contributed by atoms with Crippen molar-refractivity contribution < 1.29 is 13.2 Å². The third kappa shape index (κ3) is 4.61. The van der Waals surface area contributed by atoms with E-state index in [0.29, 0.717) is 11.5 Å². The number of nitrogens with zero attached hydrogens (tertiary/aromatic N) is 1. The molecule has 5 nitrogen and oxygen atoms in total. The number of hydrogen-bond acceptors (Lipinski definition) is 3. The third-order valence-corrected chi connectivity index (χ3v) is 6.82. The molecule has 2 aliphatic rings. The summed E-state index contributed by atoms with van der Waals surface area (Å²) in [6.07, 6.45) is 7.35. The van der Waals surface area contributed by atoms with Crippen LogP contribution in [0, 0.1) is 5.92 Å². The maximum atomic E-state index is 12.6. The van der Waals surface area contributed by atoms with Gasteiger partial charge in [0.15, 0.2) is 0 Å². The minimum Gasteiger partial charge on any atom is -0.338 e. The number of nitrogens with one attached hydrogen (secondary N) is 1. The summed E-state index contributed by atoms with van der Waals surface area (Å²) in [7, 11) is -3.51. The van der Waals surface area contributed by atoms with Crippen molar-refractivity contribution in [2.45, 2.75) is 62.8 Å². The van der Waals surface area contributed by atoms with Crippen molar-refractivity contribution in [2.75, 3.05) is 13.1 Å². The van der Waals surface area contributed by atoms with E-state index in [-0.39, 0.29) is 16.8 Å². The lowest BCUT2D eigenvalue weighted by Crippen LogP contribution is -2.39. The Morgan fingerprint density at radius 2 is 1.72 bits per heavy atom. The van der Waals surface area contributed by atoms with E-state index >= 15 is 0 Å². The van der Waals surface area contributed by atoms with E-state index in [0.717, 1.165) is 51.6 Å². The van der Waals surface area contributed by atoms with Crippen molar-refractivity contribution in [3.63, 3.8) is 0 Å². The average Bonchev–Trinajstić information content (AvgIpc) is 2.62. The number of rotatable bonds is 4. The van der Waals surface area contributed by atoms with E-state index < -0.39 is 10.0 Å². The summed E-state index contributed by atoms with van der Waals surface area (Å²) in [4.78, 5) is 14.7. The van der Waals surface area contributed by atoms with E-state index in [2.05, 4.69) is 11.6 Å². The molecule has 2 fully saturated rings. The molecule has 25 heavy (non-hydrogen) atoms. The van der Waals surface area contributed by atoms with Crippen LogP contribution in [0.25, 0.3) is 0 Å². The van der Waals surface area contributed by atoms with Crippen molar-refractivity contribution in [3.05, 3.63) is 29.8 Å². The van der Waals surface area contributed by atoms with Crippen LogP contribution in [-0.4, -0.2) is 38.4 Å². The second kappa shape index (κ2) is 7.87. The lowest BCUT2D eigenvalue weighted by Gasteiger charge is -2.31. The molecule has 1 N–H and O–H groups in total. The van der Waals surface area contributed by atoms with Crippen molar-refractivity contribution in [3.8, 4) is 0 Å². The molecular formula is C19H28N2O3S. The molecule has 3 rings (SSSR count). The molecule has 138 valence electrons. The third-order valence-electron chi connectivity index (χ3n) is 5.28. The molecule has 1 aromatic rings. The molecule has 1 unspecified atom stereocenters. The zero-order valence-electron chi connectivity index (χ0n) is 14.9. The van der Waals surface area contributed by atoms with E-state index in [1.165, 1.54) is 6.42 Å². The van der Waals surface area contributed by atoms with Gasteiger partial charge in [-0.05, 0) is 55.9 Å². The SMILES string of the molecule is CC1CCCN(C(=O)c2ccc(S(=O)(=O)NC3CCCCC3)cc2)C1. The minimum atomic E-state index is -3.51. The number of amides is 1. The Kier molecular flexibility index (Phi) is 5.79. The summed E-state index contributed by atoms with van der Waals surface area (Å²) < 4.78 is 27.8. The van der Waals surface area contributed by atoms with Gasteiger partial charge in [0.1, 0.15) is 0 Å². The lowest BCUT2D eigenvalue weighted by atomic mass is 9.96. The molecule has 1 aliphatic heterocycles. The highest BCUT2D eigenvalue weighted by Gasteiger charge is 2.24. The number of benzene rings is 1. The number of carbonyl (C=O) groups excluding carboxylic acids is 1. The predicted octanol–water partition coefficient (Wildman–Crippen LogP) is 3.17. The highest BCUT2D eigenvalue weighted by Crippen LogP contribution is 2.21. The van der Waals surface area contributed by atoms with Crippen LogP contribution in [0.2, 0.25) is 0 Å². The molecule has 1 saturated carbocycles. The summed E-state index contributed by atoms with van der Waals surface area (Å²) in [5.41, 5.74) is 0.561. The average molecular weight is 365 g/mol. The first kappa shape index (κ1) is 18.4. The van der Waals surface area contributed by atoms with E-state index in [1.807, 2.05) is 4.90 Å². The van der Waals surface area contributed by atoms with Gasteiger partial charge < -0.3 is 4.90 Å². The maximum Gasteiger partial charge on any atom is 0.253 e. The highest BCUT2D eigenvalue weighted by atomic mass is 32.2. The molecule has 1 saturated heterocycles. The number of hydrogen-bond donors (Lipinski definition) is 1. The Hall–Kier alpha value is -1.40. The Bertz CT molecular complexity index is 694. The summed E-state index contributed by atoms with van der Waals surface area (Å²) >= 11 is 0. The Balaban J connectivity index is 1.67. The molecule has 0 radical (unpaired) electrons. The fraction of sp³-hybridized carbons (Fsp3) is 0.632. The Morgan fingerprint density at radius 1 is 1.04 bits per heavy atom. The van der Waals surface area contributed by atoms with Crippen molar-refractivity contribution in [1.82, 2.24) is 9.62 Å². The van der Waals surface area contributed by atoms with Crippen molar-refractivity contribution >= 4 is 15.9 Å². The first-order chi connectivity index (χ1) is 12.0. The molecule has 1 atom stereocenters. The maximum absolute atomic E-state index is 12.6. The van der Waals surface area contributed by atoms with Crippen molar-refractivity contribution in [1.29, 1.82) is 0 Å². The zero-order valence-corrected chi connectivity index (χ0v) is 15.7. The second-order valence-electron chi connectivity index (χ2n) is 7.48. The van der Waals surface area contributed by atoms with Crippen LogP contribution in [0.5, 0.6) is 0 Å². The van der Waals surface area contributed by atoms with Crippen LogP contribution in [0.1, 0.15) is 62.2 Å². The predicted molar refractivity (Wildman–Crippen MR) is 97.9 cm³/mol. The van der Waals surface area contributed by atoms with Crippen LogP contribution >= 0.6 is 0 Å². The van der Waals surface area contributed by atoms with Gasteiger partial charge in [-0.15, -0.1) is 0 Å². The zero-order chi connectivity index (χ0) is 17.9. The molecule has 0 aromatic heterocycles. The van der Waals surface area contributed by atoms with Crippen LogP contribution in [0.4, 0.5) is 0 Å². The smallest absolute Gasteiger partial charge is 0.253 e. The molecule has 1 aromatic carbocycles. The van der Waals surface area contributed by atoms with Gasteiger partial charge in [0.25, 0.3) is 5.91 Å². The first-order valence-corrected chi connectivity index (χ1v) is 10.9. The van der Waals surface area contributed by atoms with Gasteiger partial charge in [-0.2, -0.15) is 0 Å². The van der Waals surface area contributed by atoms with Gasteiger partial charge in [0, 0.05) is 24.7 Å². The second-order valence-corrected chi connectivity index (χ2v) is 9.19. The minimum absolute atomic E-state index is 0.00395. The van der Waals surface area contributed by atoms with E-state index in [1.54, 1.807) is 24.3 Å². The monoisotopic (exact) mass is 364 g/mol. The number of likely N-dealkylation sites (tertiary alicyclic amines) is 1. The summed E-state index contributed by atoms with van der Waals surface area (Å²) in [5, 5.41) is 0. The lowest BCUT2D eigenvalue weighted by molar-refractivity contribution is 0.0683. The van der Waals surface area contributed by atoms with Gasteiger partial charge in [-0.25, -0.2) is 13.1 Å². The topological polar surface area (TPSA) is 66.5 Å². The van der Waals surface area contributed by atoms with Gasteiger partial charge in [-0.3, -0.25) is 4.79 Å². The molecular weight excluding hydrogens is 336 g/mol. The summed E-state index contributed by atoms with van der Waals surface area (Å²) in [6.45, 7) is 3.72. The summed E-state index contributed by atoms with van der Waals surface area (Å²) in [6, 6.07) is 6.40. The molecule has 1 amide bonds.